The van der Waals surface area contributed by atoms with Crippen molar-refractivity contribution in [2.24, 2.45) is 5.41 Å². The first-order chi connectivity index (χ1) is 6.29. The van der Waals surface area contributed by atoms with Gasteiger partial charge in [0, 0.05) is 5.41 Å². The van der Waals surface area contributed by atoms with E-state index in [9.17, 15) is 5.11 Å². The maximum absolute atomic E-state index is 10.1. The summed E-state index contributed by atoms with van der Waals surface area (Å²) in [7, 11) is 0. The summed E-state index contributed by atoms with van der Waals surface area (Å²) in [5.74, 6) is 0. The molecule has 0 aromatic carbocycles. The highest BCUT2D eigenvalue weighted by atomic mass is 16.3. The highest BCUT2D eigenvalue weighted by Gasteiger charge is 2.42. The summed E-state index contributed by atoms with van der Waals surface area (Å²) in [6.07, 6.45) is 10.6. The Balaban J connectivity index is 2.30. The highest BCUT2D eigenvalue weighted by Crippen LogP contribution is 2.49. The standard InChI is InChI=1S/C12H20O/c1-2-12-9-4-3-6-10(12)7-5-8-11(12)13/h6,11,13H,2-5,7-9H2,1H3. The van der Waals surface area contributed by atoms with Crippen molar-refractivity contribution >= 4 is 0 Å². The van der Waals surface area contributed by atoms with Crippen LogP contribution in [0, 0.1) is 5.41 Å². The summed E-state index contributed by atoms with van der Waals surface area (Å²) in [4.78, 5) is 0. The molecule has 0 amide bonds. The van der Waals surface area contributed by atoms with Crippen LogP contribution < -0.4 is 0 Å². The van der Waals surface area contributed by atoms with Gasteiger partial charge >= 0.3 is 0 Å². The number of fused-ring (bicyclic) bond motifs is 1. The minimum atomic E-state index is -0.0576. The van der Waals surface area contributed by atoms with Gasteiger partial charge in [0.15, 0.2) is 0 Å². The van der Waals surface area contributed by atoms with Gasteiger partial charge in [-0.3, -0.25) is 0 Å². The predicted octanol–water partition coefficient (Wildman–Crippen LogP) is 3.04. The molecule has 1 saturated carbocycles. The van der Waals surface area contributed by atoms with Gasteiger partial charge in [-0.15, -0.1) is 0 Å². The third kappa shape index (κ3) is 1.34. The second-order valence-electron chi connectivity index (χ2n) is 4.54. The van der Waals surface area contributed by atoms with E-state index in [1.54, 1.807) is 5.57 Å². The fourth-order valence-electron chi connectivity index (χ4n) is 3.19. The summed E-state index contributed by atoms with van der Waals surface area (Å²) < 4.78 is 0. The molecule has 2 unspecified atom stereocenters. The van der Waals surface area contributed by atoms with Gasteiger partial charge in [-0.2, -0.15) is 0 Å². The number of aliphatic hydroxyl groups is 1. The summed E-state index contributed by atoms with van der Waals surface area (Å²) >= 11 is 0. The first-order valence-corrected chi connectivity index (χ1v) is 5.67. The minimum Gasteiger partial charge on any atom is -0.392 e. The number of hydrogen-bond donors (Lipinski definition) is 1. The number of aliphatic hydroxyl groups excluding tert-OH is 1. The van der Waals surface area contributed by atoms with Gasteiger partial charge in [0.25, 0.3) is 0 Å². The molecule has 0 aliphatic heterocycles. The van der Waals surface area contributed by atoms with Gasteiger partial charge < -0.3 is 5.11 Å². The number of hydrogen-bond acceptors (Lipinski definition) is 1. The summed E-state index contributed by atoms with van der Waals surface area (Å²) in [6, 6.07) is 0. The van der Waals surface area contributed by atoms with E-state index in [-0.39, 0.29) is 11.5 Å². The molecule has 2 aliphatic rings. The molecule has 2 aliphatic carbocycles. The maximum Gasteiger partial charge on any atom is 0.0633 e. The molecule has 0 spiro atoms. The molecular formula is C12H20O. The van der Waals surface area contributed by atoms with Crippen LogP contribution in [0.5, 0.6) is 0 Å². The SMILES string of the molecule is CCC12CCCC=C1CCCC2O. The normalized spacial score (nSPS) is 39.5. The van der Waals surface area contributed by atoms with Gasteiger partial charge in [-0.1, -0.05) is 18.6 Å². The van der Waals surface area contributed by atoms with Crippen molar-refractivity contribution < 1.29 is 5.11 Å². The van der Waals surface area contributed by atoms with Gasteiger partial charge in [0.2, 0.25) is 0 Å². The van der Waals surface area contributed by atoms with E-state index in [1.807, 2.05) is 0 Å². The smallest absolute Gasteiger partial charge is 0.0633 e. The van der Waals surface area contributed by atoms with Crippen molar-refractivity contribution in [2.45, 2.75) is 58.0 Å². The molecule has 0 heterocycles. The molecule has 1 fully saturated rings. The van der Waals surface area contributed by atoms with Crippen molar-refractivity contribution in [2.75, 3.05) is 0 Å². The molecule has 74 valence electrons. The van der Waals surface area contributed by atoms with Crippen LogP contribution in [0.1, 0.15) is 51.9 Å². The Morgan fingerprint density at radius 3 is 3.08 bits per heavy atom. The molecule has 13 heavy (non-hydrogen) atoms. The molecule has 2 rings (SSSR count). The van der Waals surface area contributed by atoms with Crippen LogP contribution >= 0.6 is 0 Å². The second-order valence-corrected chi connectivity index (χ2v) is 4.54. The van der Waals surface area contributed by atoms with Crippen molar-refractivity contribution in [3.05, 3.63) is 11.6 Å². The van der Waals surface area contributed by atoms with E-state index >= 15 is 0 Å². The van der Waals surface area contributed by atoms with E-state index in [0.717, 1.165) is 12.8 Å². The quantitative estimate of drug-likeness (QED) is 0.615. The fourth-order valence-corrected chi connectivity index (χ4v) is 3.19. The van der Waals surface area contributed by atoms with Crippen LogP contribution in [-0.4, -0.2) is 11.2 Å². The zero-order valence-electron chi connectivity index (χ0n) is 8.55. The van der Waals surface area contributed by atoms with Crippen LogP contribution in [0.15, 0.2) is 11.6 Å². The summed E-state index contributed by atoms with van der Waals surface area (Å²) in [5.41, 5.74) is 1.76. The maximum atomic E-state index is 10.1. The van der Waals surface area contributed by atoms with Gasteiger partial charge in [0.05, 0.1) is 6.10 Å². The predicted molar refractivity (Wildman–Crippen MR) is 54.5 cm³/mol. The van der Waals surface area contributed by atoms with E-state index < -0.39 is 0 Å². The lowest BCUT2D eigenvalue weighted by atomic mass is 9.62. The molecule has 1 N–H and O–H groups in total. The second kappa shape index (κ2) is 3.45. The average molecular weight is 180 g/mol. The summed E-state index contributed by atoms with van der Waals surface area (Å²) in [5, 5.41) is 10.1. The van der Waals surface area contributed by atoms with Crippen LogP contribution in [-0.2, 0) is 0 Å². The Bertz CT molecular complexity index is 219. The van der Waals surface area contributed by atoms with Crippen LogP contribution in [0.25, 0.3) is 0 Å². The Morgan fingerprint density at radius 1 is 1.54 bits per heavy atom. The Morgan fingerprint density at radius 2 is 2.38 bits per heavy atom. The van der Waals surface area contributed by atoms with Crippen LogP contribution in [0.2, 0.25) is 0 Å². The fraction of sp³-hybridized carbons (Fsp3) is 0.833. The summed E-state index contributed by atoms with van der Waals surface area (Å²) in [6.45, 7) is 2.23. The molecule has 0 bridgehead atoms. The lowest BCUT2D eigenvalue weighted by Crippen LogP contribution is -2.40. The van der Waals surface area contributed by atoms with Crippen molar-refractivity contribution in [3.8, 4) is 0 Å². The molecule has 2 atom stereocenters. The Hall–Kier alpha value is -0.300. The first kappa shape index (κ1) is 9.26. The Labute approximate surface area is 80.8 Å². The van der Waals surface area contributed by atoms with E-state index in [2.05, 4.69) is 13.0 Å². The molecule has 0 aromatic rings. The zero-order chi connectivity index (χ0) is 9.31. The average Bonchev–Trinajstić information content (AvgIpc) is 2.19. The monoisotopic (exact) mass is 180 g/mol. The minimum absolute atomic E-state index is 0.0576. The third-order valence-electron chi connectivity index (χ3n) is 4.05. The molecule has 0 saturated heterocycles. The lowest BCUT2D eigenvalue weighted by molar-refractivity contribution is 0.0112. The molecule has 1 nitrogen and oxygen atoms in total. The van der Waals surface area contributed by atoms with Crippen LogP contribution in [0.4, 0.5) is 0 Å². The third-order valence-corrected chi connectivity index (χ3v) is 4.05. The van der Waals surface area contributed by atoms with Gasteiger partial charge in [0.1, 0.15) is 0 Å². The van der Waals surface area contributed by atoms with E-state index in [4.69, 9.17) is 0 Å². The molecule has 0 radical (unpaired) electrons. The first-order valence-electron chi connectivity index (χ1n) is 5.67. The van der Waals surface area contributed by atoms with Crippen molar-refractivity contribution in [1.29, 1.82) is 0 Å². The van der Waals surface area contributed by atoms with Crippen molar-refractivity contribution in [3.63, 3.8) is 0 Å². The van der Waals surface area contributed by atoms with Gasteiger partial charge in [-0.25, -0.2) is 0 Å². The Kier molecular flexibility index (Phi) is 2.46. The zero-order valence-corrected chi connectivity index (χ0v) is 8.55. The van der Waals surface area contributed by atoms with E-state index in [1.165, 1.54) is 32.1 Å². The van der Waals surface area contributed by atoms with Crippen LogP contribution in [0.3, 0.4) is 0 Å². The number of allylic oxidation sites excluding steroid dienone is 1. The lowest BCUT2D eigenvalue weighted by Gasteiger charge is -2.45. The highest BCUT2D eigenvalue weighted by molar-refractivity contribution is 5.22. The van der Waals surface area contributed by atoms with Crippen molar-refractivity contribution in [1.82, 2.24) is 0 Å². The van der Waals surface area contributed by atoms with E-state index in [0.29, 0.717) is 0 Å². The molecule has 0 aromatic heterocycles. The molecular weight excluding hydrogens is 160 g/mol. The van der Waals surface area contributed by atoms with Gasteiger partial charge in [-0.05, 0) is 44.9 Å². The molecule has 1 heteroatoms. The topological polar surface area (TPSA) is 20.2 Å². The largest absolute Gasteiger partial charge is 0.392 e. The number of rotatable bonds is 1.